The topological polar surface area (TPSA) is 81.2 Å². The van der Waals surface area contributed by atoms with Crippen molar-refractivity contribution in [2.75, 3.05) is 11.3 Å². The van der Waals surface area contributed by atoms with Crippen molar-refractivity contribution in [3.63, 3.8) is 0 Å². The van der Waals surface area contributed by atoms with Crippen LogP contribution in [0, 0.1) is 11.6 Å². The first-order chi connectivity index (χ1) is 9.94. The number of halogens is 2. The van der Waals surface area contributed by atoms with Crippen LogP contribution in [-0.4, -0.2) is 25.0 Å². The van der Waals surface area contributed by atoms with Gasteiger partial charge in [-0.3, -0.25) is 4.72 Å². The molecule has 1 N–H and O–H groups in total. The van der Waals surface area contributed by atoms with Gasteiger partial charge >= 0.3 is 6.01 Å². The second-order valence-electron chi connectivity index (χ2n) is 3.84. The molecule has 1 aromatic carbocycles. The Morgan fingerprint density at radius 3 is 2.29 bits per heavy atom. The molecule has 0 saturated carbocycles. The van der Waals surface area contributed by atoms with Gasteiger partial charge in [0.25, 0.3) is 10.0 Å². The zero-order valence-electron chi connectivity index (χ0n) is 10.9. The lowest BCUT2D eigenvalue weighted by molar-refractivity contribution is 0.312. The number of hydrogen-bond acceptors (Lipinski definition) is 5. The molecular formula is C12H11F2N3O3S. The molecule has 0 bridgehead atoms. The second-order valence-corrected chi connectivity index (χ2v) is 5.46. The van der Waals surface area contributed by atoms with Crippen LogP contribution in [-0.2, 0) is 10.0 Å². The van der Waals surface area contributed by atoms with Crippen LogP contribution in [0.5, 0.6) is 6.01 Å². The summed E-state index contributed by atoms with van der Waals surface area (Å²) in [5, 5.41) is 0. The molecule has 1 heterocycles. The Kier molecular flexibility index (Phi) is 4.32. The summed E-state index contributed by atoms with van der Waals surface area (Å²) in [5.41, 5.74) is -0.0406. The highest BCUT2D eigenvalue weighted by atomic mass is 32.2. The van der Waals surface area contributed by atoms with Crippen LogP contribution in [0.3, 0.4) is 0 Å². The highest BCUT2D eigenvalue weighted by Gasteiger charge is 2.24. The van der Waals surface area contributed by atoms with Crippen LogP contribution in [0.1, 0.15) is 6.92 Å². The maximum absolute atomic E-state index is 13.5. The van der Waals surface area contributed by atoms with Crippen LogP contribution < -0.4 is 9.46 Å². The van der Waals surface area contributed by atoms with Gasteiger partial charge in [-0.05, 0) is 19.1 Å². The van der Waals surface area contributed by atoms with Crippen molar-refractivity contribution in [1.29, 1.82) is 0 Å². The highest BCUT2D eigenvalue weighted by Crippen LogP contribution is 2.21. The molecule has 0 spiro atoms. The number of anilines is 1. The third-order valence-electron chi connectivity index (χ3n) is 2.34. The molecule has 0 radical (unpaired) electrons. The van der Waals surface area contributed by atoms with Crippen molar-refractivity contribution < 1.29 is 21.9 Å². The molecule has 112 valence electrons. The van der Waals surface area contributed by atoms with E-state index in [-0.39, 0.29) is 11.7 Å². The molecule has 21 heavy (non-hydrogen) atoms. The number of ether oxygens (including phenoxy) is 1. The van der Waals surface area contributed by atoms with E-state index in [0.717, 1.165) is 30.6 Å². The zero-order chi connectivity index (χ0) is 15.5. The molecule has 0 fully saturated rings. The molecule has 0 saturated heterocycles. The third-order valence-corrected chi connectivity index (χ3v) is 3.77. The number of rotatable bonds is 5. The predicted octanol–water partition coefficient (Wildman–Crippen LogP) is 1.95. The van der Waals surface area contributed by atoms with E-state index in [2.05, 4.69) is 9.97 Å². The normalized spacial score (nSPS) is 11.2. The van der Waals surface area contributed by atoms with E-state index in [1.807, 2.05) is 4.72 Å². The van der Waals surface area contributed by atoms with E-state index in [0.29, 0.717) is 6.61 Å². The van der Waals surface area contributed by atoms with Crippen molar-refractivity contribution in [3.8, 4) is 6.01 Å². The van der Waals surface area contributed by atoms with Crippen LogP contribution in [0.15, 0.2) is 35.5 Å². The lowest BCUT2D eigenvalue weighted by atomic mass is 10.3. The molecular weight excluding hydrogens is 304 g/mol. The summed E-state index contributed by atoms with van der Waals surface area (Å²) in [6.07, 6.45) is 2.27. The monoisotopic (exact) mass is 315 g/mol. The number of aromatic nitrogens is 2. The second kappa shape index (κ2) is 6.00. The molecule has 2 rings (SSSR count). The van der Waals surface area contributed by atoms with Gasteiger partial charge in [-0.15, -0.1) is 0 Å². The first-order valence-electron chi connectivity index (χ1n) is 5.85. The Hall–Kier alpha value is -2.29. The molecule has 1 aromatic heterocycles. The minimum atomic E-state index is -4.42. The number of sulfonamides is 1. The zero-order valence-corrected chi connectivity index (χ0v) is 11.7. The summed E-state index contributed by atoms with van der Waals surface area (Å²) >= 11 is 0. The number of nitrogens with one attached hydrogen (secondary N) is 1. The number of nitrogens with zero attached hydrogens (tertiary/aromatic N) is 2. The van der Waals surface area contributed by atoms with Gasteiger partial charge in [0.05, 0.1) is 24.7 Å². The fourth-order valence-electron chi connectivity index (χ4n) is 1.52. The molecule has 0 aliphatic heterocycles. The summed E-state index contributed by atoms with van der Waals surface area (Å²) in [6.45, 7) is 2.09. The molecule has 6 nitrogen and oxygen atoms in total. The molecule has 2 aromatic rings. The van der Waals surface area contributed by atoms with E-state index in [1.165, 1.54) is 0 Å². The highest BCUT2D eigenvalue weighted by molar-refractivity contribution is 7.92. The molecule has 0 aliphatic carbocycles. The van der Waals surface area contributed by atoms with Gasteiger partial charge in [-0.2, -0.15) is 0 Å². The van der Waals surface area contributed by atoms with Gasteiger partial charge in [-0.25, -0.2) is 27.2 Å². The van der Waals surface area contributed by atoms with Gasteiger partial charge in [0.2, 0.25) is 0 Å². The Morgan fingerprint density at radius 2 is 1.76 bits per heavy atom. The summed E-state index contributed by atoms with van der Waals surface area (Å²) in [5.74, 6) is -2.37. The number of hydrogen-bond donors (Lipinski definition) is 1. The standard InChI is InChI=1S/C12H11F2N3O3S/c1-2-20-12-15-6-8(7-16-12)17-21(18,19)11-9(13)4-3-5-10(11)14/h3-7,17H,2H2,1H3. The summed E-state index contributed by atoms with van der Waals surface area (Å²) in [7, 11) is -4.42. The first kappa shape index (κ1) is 15.1. The molecule has 0 aliphatic rings. The molecule has 0 atom stereocenters. The summed E-state index contributed by atoms with van der Waals surface area (Å²) in [4.78, 5) is 6.43. The van der Waals surface area contributed by atoms with Crippen molar-refractivity contribution in [2.24, 2.45) is 0 Å². The molecule has 9 heteroatoms. The first-order valence-corrected chi connectivity index (χ1v) is 7.34. The van der Waals surface area contributed by atoms with Crippen LogP contribution in [0.25, 0.3) is 0 Å². The maximum Gasteiger partial charge on any atom is 0.316 e. The van der Waals surface area contributed by atoms with Crippen molar-refractivity contribution >= 4 is 15.7 Å². The molecule has 0 amide bonds. The maximum atomic E-state index is 13.5. The Morgan fingerprint density at radius 1 is 1.19 bits per heavy atom. The SMILES string of the molecule is CCOc1ncc(NS(=O)(=O)c2c(F)cccc2F)cn1. The van der Waals surface area contributed by atoms with Gasteiger partial charge in [0.1, 0.15) is 11.6 Å². The van der Waals surface area contributed by atoms with Gasteiger partial charge < -0.3 is 4.74 Å². The quantitative estimate of drug-likeness (QED) is 0.912. The fourth-order valence-corrected chi connectivity index (χ4v) is 2.69. The van der Waals surface area contributed by atoms with Gasteiger partial charge in [0.15, 0.2) is 4.90 Å². The largest absolute Gasteiger partial charge is 0.464 e. The minimum absolute atomic E-state index is 0.0406. The smallest absolute Gasteiger partial charge is 0.316 e. The van der Waals surface area contributed by atoms with Crippen LogP contribution >= 0.6 is 0 Å². The van der Waals surface area contributed by atoms with E-state index in [9.17, 15) is 17.2 Å². The van der Waals surface area contributed by atoms with E-state index in [1.54, 1.807) is 6.92 Å². The average Bonchev–Trinajstić information content (AvgIpc) is 2.40. The fraction of sp³-hybridized carbons (Fsp3) is 0.167. The Balaban J connectivity index is 2.29. The van der Waals surface area contributed by atoms with Gasteiger partial charge in [-0.1, -0.05) is 6.07 Å². The van der Waals surface area contributed by atoms with Crippen molar-refractivity contribution in [3.05, 3.63) is 42.2 Å². The van der Waals surface area contributed by atoms with E-state index in [4.69, 9.17) is 4.74 Å². The van der Waals surface area contributed by atoms with Crippen LogP contribution in [0.4, 0.5) is 14.5 Å². The average molecular weight is 315 g/mol. The summed E-state index contributed by atoms with van der Waals surface area (Å²) < 4.78 is 57.9. The van der Waals surface area contributed by atoms with Crippen molar-refractivity contribution in [1.82, 2.24) is 9.97 Å². The Bertz CT molecular complexity index is 716. The number of benzene rings is 1. The predicted molar refractivity (Wildman–Crippen MR) is 70.4 cm³/mol. The molecule has 0 unspecified atom stereocenters. The van der Waals surface area contributed by atoms with E-state index < -0.39 is 26.6 Å². The third kappa shape index (κ3) is 3.43. The van der Waals surface area contributed by atoms with E-state index >= 15 is 0 Å². The van der Waals surface area contributed by atoms with Crippen LogP contribution in [0.2, 0.25) is 0 Å². The Labute approximate surface area is 119 Å². The lowest BCUT2D eigenvalue weighted by Gasteiger charge is -2.09. The van der Waals surface area contributed by atoms with Crippen molar-refractivity contribution in [2.45, 2.75) is 11.8 Å². The minimum Gasteiger partial charge on any atom is -0.464 e. The van der Waals surface area contributed by atoms with Gasteiger partial charge in [0, 0.05) is 0 Å². The lowest BCUT2D eigenvalue weighted by Crippen LogP contribution is -2.16. The summed E-state index contributed by atoms with van der Waals surface area (Å²) in [6, 6.07) is 2.85.